The summed E-state index contributed by atoms with van der Waals surface area (Å²) >= 11 is 0. The average molecular weight is 1220 g/mol. The van der Waals surface area contributed by atoms with Gasteiger partial charge in [0.2, 0.25) is 65.0 Å². The number of carboxylic acid groups (broad SMARTS) is 1. The van der Waals surface area contributed by atoms with Gasteiger partial charge < -0.3 is 95.1 Å². The molecule has 1 aromatic rings. The second-order valence-corrected chi connectivity index (χ2v) is 23.4. The van der Waals surface area contributed by atoms with Crippen molar-refractivity contribution in [1.29, 1.82) is 0 Å². The van der Waals surface area contributed by atoms with E-state index in [0.717, 1.165) is 28.5 Å². The summed E-state index contributed by atoms with van der Waals surface area (Å²) in [5.41, 5.74) is 17.3. The number of hydrogen-bond donors (Lipinski definition) is 16. The summed E-state index contributed by atoms with van der Waals surface area (Å²) in [6.45, 7) is 2.97. The summed E-state index contributed by atoms with van der Waals surface area (Å²) in [7, 11) is 1.60. The molecule has 1 unspecified atom stereocenters. The van der Waals surface area contributed by atoms with E-state index in [4.69, 9.17) is 17.2 Å². The molecule has 468 valence electrons. The van der Waals surface area contributed by atoms with E-state index in [0.29, 0.717) is 31.2 Å². The molecule has 32 heteroatoms. The number of phenols is 1. The number of phenolic OH excluding ortho intramolecular Hbond substituents is 1. The fourth-order valence-electron chi connectivity index (χ4n) is 9.44. The number of hydrogen-bond acceptors (Lipinski definition) is 20. The molecule has 3 saturated heterocycles. The van der Waals surface area contributed by atoms with E-state index < -0.39 is 187 Å². The van der Waals surface area contributed by atoms with Crippen LogP contribution in [-0.2, 0) is 64.0 Å². The molecule has 3 heterocycles. The molecule has 0 spiro atoms. The smallest absolute Gasteiger partial charge is 0.326 e. The number of nitrogens with one attached hydrogen (secondary N) is 8. The van der Waals surface area contributed by atoms with Gasteiger partial charge in [-0.05, 0) is 88.4 Å². The largest absolute Gasteiger partial charge is 0.508 e. The SMILES string of the molecule is CCC(C)[C@@H]1NC(=O)[C@H](CO)NC(=O)[C@@H](CCCCN)NC(=O)[C@H]([C@@H](C)O)NC(=O)[C@H](NC(=O)[C@@H](N)CO)CSSC[C@H](C(=O)N[C@@H](Cc2ccc(O)cc2)C(=O)O)NC(=O)[C@@H](CCC(N)=O)NC(=O)[C@@H]2CCCN2C(=O)[C@@H]2CCCN2C1=O. The van der Waals surface area contributed by atoms with E-state index in [1.165, 1.54) is 34.1 Å². The van der Waals surface area contributed by atoms with Gasteiger partial charge in [-0.25, -0.2) is 4.79 Å². The molecular weight excluding hydrogens is 1140 g/mol. The zero-order valence-electron chi connectivity index (χ0n) is 47.1. The summed E-state index contributed by atoms with van der Waals surface area (Å²) in [5, 5.41) is 70.7. The van der Waals surface area contributed by atoms with Gasteiger partial charge in [-0.3, -0.25) is 52.7 Å². The van der Waals surface area contributed by atoms with Gasteiger partial charge in [-0.2, -0.15) is 0 Å². The van der Waals surface area contributed by atoms with Crippen molar-refractivity contribution in [3.8, 4) is 5.75 Å². The Kier molecular flexibility index (Phi) is 28.4. The van der Waals surface area contributed by atoms with Crippen molar-refractivity contribution in [1.82, 2.24) is 52.3 Å². The molecule has 0 saturated carbocycles. The van der Waals surface area contributed by atoms with Gasteiger partial charge in [0, 0.05) is 37.4 Å². The Hall–Kier alpha value is -6.84. The number of nitrogens with zero attached hydrogens (tertiary/aromatic N) is 2. The third kappa shape index (κ3) is 20.5. The Labute approximate surface area is 493 Å². The molecule has 4 rings (SSSR count). The van der Waals surface area contributed by atoms with Crippen LogP contribution in [0.15, 0.2) is 24.3 Å². The lowest BCUT2D eigenvalue weighted by Crippen LogP contribution is -2.62. The van der Waals surface area contributed by atoms with E-state index in [2.05, 4.69) is 42.5 Å². The summed E-state index contributed by atoms with van der Waals surface area (Å²) in [4.78, 5) is 169. The van der Waals surface area contributed by atoms with Gasteiger partial charge in [0.25, 0.3) is 0 Å². The number of primary amides is 1. The van der Waals surface area contributed by atoms with Crippen LogP contribution in [0.25, 0.3) is 0 Å². The van der Waals surface area contributed by atoms with E-state index in [1.807, 2.05) is 0 Å². The number of nitrogens with two attached hydrogens (primary N) is 3. The van der Waals surface area contributed by atoms with Gasteiger partial charge in [0.15, 0.2) is 0 Å². The summed E-state index contributed by atoms with van der Waals surface area (Å²) in [5.74, 6) is -13.5. The maximum Gasteiger partial charge on any atom is 0.326 e. The molecule has 3 aliphatic heterocycles. The van der Waals surface area contributed by atoms with Crippen LogP contribution < -0.4 is 59.7 Å². The fraction of sp³-hybridized carbons (Fsp3) is 0.654. The molecule has 0 aromatic heterocycles. The van der Waals surface area contributed by atoms with E-state index >= 15 is 0 Å². The minimum absolute atomic E-state index is 0.0524. The Morgan fingerprint density at radius 2 is 1.30 bits per heavy atom. The predicted molar refractivity (Wildman–Crippen MR) is 304 cm³/mol. The predicted octanol–water partition coefficient (Wildman–Crippen LogP) is -5.59. The Balaban J connectivity index is 1.82. The summed E-state index contributed by atoms with van der Waals surface area (Å²) in [6.07, 6.45) is -1.16. The van der Waals surface area contributed by atoms with Crippen molar-refractivity contribution in [2.75, 3.05) is 44.4 Å². The zero-order valence-corrected chi connectivity index (χ0v) is 48.8. The van der Waals surface area contributed by atoms with Crippen molar-refractivity contribution < 1.29 is 83.1 Å². The van der Waals surface area contributed by atoms with Crippen LogP contribution in [0.1, 0.15) is 90.5 Å². The molecule has 0 bridgehead atoms. The minimum atomic E-state index is -1.85. The van der Waals surface area contributed by atoms with Crippen LogP contribution in [-0.4, -0.2) is 223 Å². The average Bonchev–Trinajstić information content (AvgIpc) is 4.06. The number of amides is 11. The van der Waals surface area contributed by atoms with Crippen molar-refractivity contribution in [3.63, 3.8) is 0 Å². The highest BCUT2D eigenvalue weighted by Crippen LogP contribution is 2.28. The van der Waals surface area contributed by atoms with Crippen LogP contribution in [0.5, 0.6) is 5.75 Å². The summed E-state index contributed by atoms with van der Waals surface area (Å²) in [6, 6.07) is -11.4. The maximum atomic E-state index is 14.6. The maximum absolute atomic E-state index is 14.6. The number of fused-ring (bicyclic) bond motifs is 2. The Morgan fingerprint density at radius 1 is 0.726 bits per heavy atom. The number of carboxylic acids is 1. The first-order valence-electron chi connectivity index (χ1n) is 27.8. The first-order chi connectivity index (χ1) is 39.8. The minimum Gasteiger partial charge on any atom is -0.508 e. The molecular formula is C52H81N13O17S2. The molecule has 1 aromatic carbocycles. The van der Waals surface area contributed by atoms with Crippen LogP contribution in [0.2, 0.25) is 0 Å². The first-order valence-corrected chi connectivity index (χ1v) is 30.3. The van der Waals surface area contributed by atoms with E-state index in [9.17, 15) is 83.1 Å². The van der Waals surface area contributed by atoms with Gasteiger partial charge >= 0.3 is 5.97 Å². The molecule has 0 aliphatic carbocycles. The Morgan fingerprint density at radius 3 is 1.89 bits per heavy atom. The highest BCUT2D eigenvalue weighted by Gasteiger charge is 2.46. The number of carbonyl (C=O) groups excluding carboxylic acids is 11. The number of carbonyl (C=O) groups is 12. The van der Waals surface area contributed by atoms with E-state index in [1.54, 1.807) is 13.8 Å². The second-order valence-electron chi connectivity index (χ2n) is 20.9. The number of aliphatic hydroxyl groups is 3. The first kappa shape index (κ1) is 69.7. The number of rotatable bonds is 19. The van der Waals surface area contributed by atoms with E-state index in [-0.39, 0.29) is 57.5 Å². The molecule has 30 nitrogen and oxygen atoms in total. The van der Waals surface area contributed by atoms with Crippen molar-refractivity contribution in [3.05, 3.63) is 29.8 Å². The number of unbranched alkanes of at least 4 members (excludes halogenated alkanes) is 1. The molecule has 3 aliphatic rings. The topological polar surface area (TPSA) is 487 Å². The monoisotopic (exact) mass is 1220 g/mol. The van der Waals surface area contributed by atoms with Crippen LogP contribution in [0.4, 0.5) is 0 Å². The van der Waals surface area contributed by atoms with Crippen LogP contribution >= 0.6 is 21.6 Å². The number of aromatic hydroxyl groups is 1. The lowest BCUT2D eigenvalue weighted by Gasteiger charge is -2.35. The Bertz CT molecular complexity index is 2500. The number of aliphatic carboxylic acids is 1. The molecule has 0 radical (unpaired) electrons. The molecule has 19 N–H and O–H groups in total. The lowest BCUT2D eigenvalue weighted by molar-refractivity contribution is -0.149. The second kappa shape index (κ2) is 34.2. The number of aliphatic hydroxyl groups excluding tert-OH is 3. The van der Waals surface area contributed by atoms with Gasteiger partial charge in [0.05, 0.1) is 19.3 Å². The number of benzene rings is 1. The van der Waals surface area contributed by atoms with Crippen LogP contribution in [0.3, 0.4) is 0 Å². The van der Waals surface area contributed by atoms with Gasteiger partial charge in [-0.1, -0.05) is 54.0 Å². The molecule has 11 amide bonds. The van der Waals surface area contributed by atoms with Crippen molar-refractivity contribution in [2.45, 2.75) is 164 Å². The zero-order chi connectivity index (χ0) is 62.4. The quantitative estimate of drug-likeness (QED) is 0.0454. The van der Waals surface area contributed by atoms with Crippen LogP contribution in [0, 0.1) is 5.92 Å². The van der Waals surface area contributed by atoms with Crippen molar-refractivity contribution in [2.24, 2.45) is 23.1 Å². The summed E-state index contributed by atoms with van der Waals surface area (Å²) < 4.78 is 0. The third-order valence-electron chi connectivity index (χ3n) is 14.5. The molecule has 13 atom stereocenters. The van der Waals surface area contributed by atoms with Gasteiger partial charge in [-0.15, -0.1) is 0 Å². The van der Waals surface area contributed by atoms with Crippen molar-refractivity contribution >= 4 is 92.5 Å². The molecule has 84 heavy (non-hydrogen) atoms. The lowest BCUT2D eigenvalue weighted by atomic mass is 9.96. The van der Waals surface area contributed by atoms with Gasteiger partial charge in [0.1, 0.15) is 72.2 Å². The normalized spacial score (nSPS) is 26.4. The standard InChI is InChI=1S/C52H81N13O17S2/c1-4-26(2)40-51(80)65-20-8-11-38(65)50(79)64-19-7-10-37(64)48(77)56-32(16-17-39(55)70)44(73)61-35(46(75)58-33(52(81)82)21-28-12-14-29(69)15-13-28)24-83-84-25-36(60-42(71)30(54)22-66)47(76)63-41(27(3)68)49(78)57-31(9-5-6-18-53)43(72)59-34(23-67)45(74)62-40/h12-15,26-27,30-38,40-41,66-69H,4-11,16-25,53-54H2,1-3H3,(H2,55,70)(H,56,77)(H,57,78)(H,58,75)(H,59,72)(H,60,71)(H,61,73)(H,62,74)(H,63,76)(H,81,82)/t26?,27-,30+,31-,32-,33+,34+,35-,36-,37+,38+,40+,41+/m1/s1. The highest BCUT2D eigenvalue weighted by molar-refractivity contribution is 8.76. The fourth-order valence-corrected chi connectivity index (χ4v) is 11.8. The third-order valence-corrected chi connectivity index (χ3v) is 17.0. The highest BCUT2D eigenvalue weighted by atomic mass is 33.1. The molecule has 3 fully saturated rings.